The van der Waals surface area contributed by atoms with Crippen LogP contribution in [0.3, 0.4) is 0 Å². The van der Waals surface area contributed by atoms with E-state index >= 15 is 0 Å². The number of pyridine rings is 1. The largest absolute Gasteiger partial charge is 0.369 e. The maximum Gasteiger partial charge on any atom is 0.265 e. The summed E-state index contributed by atoms with van der Waals surface area (Å²) in [5, 5.41) is 8.38. The summed E-state index contributed by atoms with van der Waals surface area (Å²) in [6, 6.07) is 21.4. The molecule has 2 aliphatic rings. The van der Waals surface area contributed by atoms with Crippen molar-refractivity contribution in [3.63, 3.8) is 0 Å². The highest BCUT2D eigenvalue weighted by Gasteiger charge is 2.35. The van der Waals surface area contributed by atoms with Gasteiger partial charge in [0.2, 0.25) is 0 Å². The first-order valence-electron chi connectivity index (χ1n) is 12.4. The number of hydrogen-bond acceptors (Lipinski definition) is 5. The lowest BCUT2D eigenvalue weighted by Gasteiger charge is -2.44. The highest BCUT2D eigenvalue weighted by molar-refractivity contribution is 7.12. The third-order valence-electron chi connectivity index (χ3n) is 7.17. The molecule has 4 aromatic rings. The van der Waals surface area contributed by atoms with Crippen LogP contribution in [-0.4, -0.2) is 29.5 Å². The summed E-state index contributed by atoms with van der Waals surface area (Å²) < 4.78 is 1.90. The molecule has 2 aromatic carbocycles. The SMILES string of the molecule is O=C(Nc1ccc(Cl)cc1)c1ccc(N2CC3CC(C2)c2cccc(=O)n2C3)c(NC(=O)c2cccs2)c1. The van der Waals surface area contributed by atoms with Gasteiger partial charge in [-0.2, -0.15) is 0 Å². The molecule has 9 heteroatoms. The van der Waals surface area contributed by atoms with Crippen LogP contribution < -0.4 is 21.1 Å². The van der Waals surface area contributed by atoms with Gasteiger partial charge in [-0.05, 0) is 72.3 Å². The lowest BCUT2D eigenvalue weighted by molar-refractivity contribution is 0.101. The van der Waals surface area contributed by atoms with Crippen LogP contribution in [0.15, 0.2) is 83.0 Å². The minimum atomic E-state index is -0.283. The molecular formula is C29H25ClN4O3S. The second kappa shape index (κ2) is 10.1. The highest BCUT2D eigenvalue weighted by atomic mass is 35.5. The topological polar surface area (TPSA) is 83.4 Å². The minimum absolute atomic E-state index is 0.0469. The molecule has 2 amide bonds. The van der Waals surface area contributed by atoms with Crippen molar-refractivity contribution in [2.45, 2.75) is 18.9 Å². The number of nitrogens with zero attached hydrogens (tertiary/aromatic N) is 2. The van der Waals surface area contributed by atoms with Crippen LogP contribution >= 0.6 is 22.9 Å². The first-order valence-corrected chi connectivity index (χ1v) is 13.7. The number of fused-ring (bicyclic) bond motifs is 4. The van der Waals surface area contributed by atoms with Gasteiger partial charge in [-0.25, -0.2) is 0 Å². The maximum atomic E-state index is 13.1. The van der Waals surface area contributed by atoms with E-state index in [1.54, 1.807) is 48.5 Å². The first kappa shape index (κ1) is 24.5. The Labute approximate surface area is 228 Å². The molecule has 0 spiro atoms. The third kappa shape index (κ3) is 4.85. The van der Waals surface area contributed by atoms with Crippen molar-refractivity contribution in [3.8, 4) is 0 Å². The van der Waals surface area contributed by atoms with Crippen molar-refractivity contribution < 1.29 is 9.59 Å². The van der Waals surface area contributed by atoms with Gasteiger partial charge in [-0.1, -0.05) is 23.7 Å². The number of amides is 2. The van der Waals surface area contributed by atoms with Crippen molar-refractivity contribution in [2.75, 3.05) is 28.6 Å². The number of aromatic nitrogens is 1. The Bertz CT molecular complexity index is 1570. The van der Waals surface area contributed by atoms with E-state index in [1.807, 2.05) is 34.2 Å². The average Bonchev–Trinajstić information content (AvgIpc) is 3.46. The number of anilines is 3. The molecule has 2 unspecified atom stereocenters. The molecule has 1 fully saturated rings. The number of thiophene rings is 1. The van der Waals surface area contributed by atoms with Gasteiger partial charge < -0.3 is 20.1 Å². The van der Waals surface area contributed by atoms with Crippen LogP contribution in [-0.2, 0) is 6.54 Å². The highest BCUT2D eigenvalue weighted by Crippen LogP contribution is 2.39. The van der Waals surface area contributed by atoms with Crippen molar-refractivity contribution in [1.82, 2.24) is 4.57 Å². The van der Waals surface area contributed by atoms with Crippen LogP contribution in [0.4, 0.5) is 17.1 Å². The maximum absolute atomic E-state index is 13.1. The van der Waals surface area contributed by atoms with Crippen molar-refractivity contribution in [2.24, 2.45) is 5.92 Å². The molecule has 2 bridgehead atoms. The molecule has 2 aliphatic heterocycles. The molecule has 2 N–H and O–H groups in total. The first-order chi connectivity index (χ1) is 18.4. The van der Waals surface area contributed by atoms with E-state index in [1.165, 1.54) is 11.3 Å². The number of nitrogens with one attached hydrogen (secondary N) is 2. The van der Waals surface area contributed by atoms with E-state index in [0.29, 0.717) is 39.3 Å². The Morgan fingerprint density at radius 2 is 1.74 bits per heavy atom. The van der Waals surface area contributed by atoms with E-state index in [2.05, 4.69) is 15.5 Å². The molecule has 0 aliphatic carbocycles. The summed E-state index contributed by atoms with van der Waals surface area (Å²) in [6.07, 6.45) is 1.03. The Kier molecular flexibility index (Phi) is 6.51. The molecule has 2 atom stereocenters. The number of rotatable bonds is 5. The van der Waals surface area contributed by atoms with E-state index in [9.17, 15) is 14.4 Å². The van der Waals surface area contributed by atoms with Gasteiger partial charge in [0.25, 0.3) is 17.4 Å². The molecule has 4 heterocycles. The zero-order valence-corrected chi connectivity index (χ0v) is 22.0. The molecule has 7 nitrogen and oxygen atoms in total. The number of halogens is 1. The van der Waals surface area contributed by atoms with Gasteiger partial charge in [0, 0.05) is 53.6 Å². The Morgan fingerprint density at radius 1 is 0.895 bits per heavy atom. The fraction of sp³-hybridized carbons (Fsp3) is 0.207. The molecule has 2 aromatic heterocycles. The summed E-state index contributed by atoms with van der Waals surface area (Å²) in [5.41, 5.74) is 3.61. The summed E-state index contributed by atoms with van der Waals surface area (Å²) >= 11 is 7.33. The predicted octanol–water partition coefficient (Wildman–Crippen LogP) is 5.69. The quantitative estimate of drug-likeness (QED) is 0.338. The second-order valence-electron chi connectivity index (χ2n) is 9.73. The summed E-state index contributed by atoms with van der Waals surface area (Å²) in [5.74, 6) is 0.0279. The van der Waals surface area contributed by atoms with Gasteiger partial charge in [-0.15, -0.1) is 11.3 Å². The van der Waals surface area contributed by atoms with Crippen molar-refractivity contribution >= 4 is 51.8 Å². The lowest BCUT2D eigenvalue weighted by atomic mass is 9.83. The minimum Gasteiger partial charge on any atom is -0.369 e. The number of carbonyl (C=O) groups is 2. The monoisotopic (exact) mass is 544 g/mol. The van der Waals surface area contributed by atoms with Gasteiger partial charge >= 0.3 is 0 Å². The molecule has 38 heavy (non-hydrogen) atoms. The Morgan fingerprint density at radius 3 is 2.53 bits per heavy atom. The van der Waals surface area contributed by atoms with E-state index < -0.39 is 0 Å². The van der Waals surface area contributed by atoms with E-state index in [-0.39, 0.29) is 23.3 Å². The number of hydrogen-bond donors (Lipinski definition) is 2. The second-order valence-corrected chi connectivity index (χ2v) is 11.1. The van der Waals surface area contributed by atoms with Crippen LogP contribution in [0.5, 0.6) is 0 Å². The van der Waals surface area contributed by atoms with Crippen LogP contribution in [0.25, 0.3) is 0 Å². The van der Waals surface area contributed by atoms with Gasteiger partial charge in [0.1, 0.15) is 0 Å². The van der Waals surface area contributed by atoms with Crippen molar-refractivity contribution in [3.05, 3.63) is 110 Å². The smallest absolute Gasteiger partial charge is 0.265 e. The lowest BCUT2D eigenvalue weighted by Crippen LogP contribution is -2.47. The zero-order valence-electron chi connectivity index (χ0n) is 20.4. The van der Waals surface area contributed by atoms with Gasteiger partial charge in [0.05, 0.1) is 16.3 Å². The fourth-order valence-electron chi connectivity index (χ4n) is 5.47. The molecule has 0 saturated carbocycles. The van der Waals surface area contributed by atoms with Crippen LogP contribution in [0.2, 0.25) is 5.02 Å². The number of piperidine rings is 1. The van der Waals surface area contributed by atoms with Crippen LogP contribution in [0, 0.1) is 5.92 Å². The zero-order chi connectivity index (χ0) is 26.2. The normalized spacial score (nSPS) is 18.0. The number of carbonyl (C=O) groups excluding carboxylic acids is 2. The Balaban J connectivity index is 1.32. The molecule has 0 radical (unpaired) electrons. The molecular weight excluding hydrogens is 520 g/mol. The van der Waals surface area contributed by atoms with Gasteiger partial charge in [-0.3, -0.25) is 14.4 Å². The average molecular weight is 545 g/mol. The number of benzene rings is 2. The summed E-state index contributed by atoms with van der Waals surface area (Å²) in [4.78, 5) is 41.4. The molecule has 6 rings (SSSR count). The molecule has 192 valence electrons. The Hall–Kier alpha value is -3.88. The standard InChI is InChI=1S/C29H25ClN4O3S/c30-21-7-9-22(10-8-21)31-28(36)19-6-11-25(23(14-19)32-29(37)26-4-2-12-38-26)33-15-18-13-20(17-33)24-3-1-5-27(35)34(24)16-18/h1-12,14,18,20H,13,15-17H2,(H,31,36)(H,32,37). The summed E-state index contributed by atoms with van der Waals surface area (Å²) in [6.45, 7) is 2.16. The van der Waals surface area contributed by atoms with Crippen molar-refractivity contribution in [1.29, 1.82) is 0 Å². The third-order valence-corrected chi connectivity index (χ3v) is 8.30. The predicted molar refractivity (Wildman–Crippen MR) is 152 cm³/mol. The van der Waals surface area contributed by atoms with Gasteiger partial charge in [0.15, 0.2) is 0 Å². The molecule has 1 saturated heterocycles. The van der Waals surface area contributed by atoms with E-state index in [4.69, 9.17) is 11.6 Å². The fourth-order valence-corrected chi connectivity index (χ4v) is 6.22. The van der Waals surface area contributed by atoms with Crippen LogP contribution in [0.1, 0.15) is 38.1 Å². The summed E-state index contributed by atoms with van der Waals surface area (Å²) in [7, 11) is 0. The van der Waals surface area contributed by atoms with E-state index in [0.717, 1.165) is 30.9 Å².